The Morgan fingerprint density at radius 3 is 1.83 bits per heavy atom. The van der Waals surface area contributed by atoms with Crippen molar-refractivity contribution in [3.63, 3.8) is 0 Å². The van der Waals surface area contributed by atoms with Crippen molar-refractivity contribution in [3.8, 4) is 17.2 Å². The third-order valence-electron chi connectivity index (χ3n) is 2.75. The van der Waals surface area contributed by atoms with Crippen LogP contribution in [-0.2, 0) is 6.42 Å². The van der Waals surface area contributed by atoms with Crippen molar-refractivity contribution in [1.82, 2.24) is 0 Å². The monoisotopic (exact) mass is 254 g/mol. The molecule has 0 saturated heterocycles. The largest absolute Gasteiger partial charge is 0.493 e. The molecule has 0 unspecified atom stereocenters. The van der Waals surface area contributed by atoms with Crippen molar-refractivity contribution in [3.05, 3.63) is 17.7 Å². The molecule has 0 radical (unpaired) electrons. The van der Waals surface area contributed by atoms with Gasteiger partial charge >= 0.3 is 0 Å². The van der Waals surface area contributed by atoms with E-state index in [0.29, 0.717) is 23.7 Å². The molecule has 0 fully saturated rings. The number of ether oxygens (including phenoxy) is 3. The van der Waals surface area contributed by atoms with Gasteiger partial charge in [0.1, 0.15) is 0 Å². The Labute approximate surface area is 108 Å². The van der Waals surface area contributed by atoms with Crippen molar-refractivity contribution in [2.24, 2.45) is 0 Å². The van der Waals surface area contributed by atoms with Gasteiger partial charge in [0.2, 0.25) is 5.75 Å². The quantitative estimate of drug-likeness (QED) is 0.847. The number of methoxy groups -OCH3 is 3. The summed E-state index contributed by atoms with van der Waals surface area (Å²) in [5.41, 5.74) is 0.368. The molecule has 0 heterocycles. The minimum atomic E-state index is -0.680. The molecule has 18 heavy (non-hydrogen) atoms. The zero-order chi connectivity index (χ0) is 13.8. The zero-order valence-corrected chi connectivity index (χ0v) is 11.7. The Morgan fingerprint density at radius 2 is 1.50 bits per heavy atom. The molecular weight excluding hydrogens is 232 g/mol. The minimum absolute atomic E-state index is 0.590. The average Bonchev–Trinajstić information content (AvgIpc) is 2.33. The van der Waals surface area contributed by atoms with Gasteiger partial charge in [-0.05, 0) is 44.4 Å². The van der Waals surface area contributed by atoms with Gasteiger partial charge in [-0.25, -0.2) is 0 Å². The maximum Gasteiger partial charge on any atom is 0.203 e. The molecule has 1 rings (SSSR count). The lowest BCUT2D eigenvalue weighted by molar-refractivity contribution is 0.0713. The Bertz CT molecular complexity index is 368. The molecule has 1 N–H and O–H groups in total. The van der Waals surface area contributed by atoms with Crippen molar-refractivity contribution in [1.29, 1.82) is 0 Å². The molecule has 1 aromatic rings. The molecule has 0 spiro atoms. The van der Waals surface area contributed by atoms with Crippen LogP contribution in [0.3, 0.4) is 0 Å². The fourth-order valence-corrected chi connectivity index (χ4v) is 1.73. The van der Waals surface area contributed by atoms with Crippen molar-refractivity contribution in [2.75, 3.05) is 21.3 Å². The van der Waals surface area contributed by atoms with Crippen LogP contribution < -0.4 is 14.2 Å². The second-order valence-electron chi connectivity index (χ2n) is 4.85. The summed E-state index contributed by atoms with van der Waals surface area (Å²) in [5, 5.41) is 9.75. The van der Waals surface area contributed by atoms with Crippen molar-refractivity contribution < 1.29 is 19.3 Å². The molecule has 4 nitrogen and oxygen atoms in total. The summed E-state index contributed by atoms with van der Waals surface area (Å²) in [6, 6.07) is 3.82. The SMILES string of the molecule is COc1cc(CCC(C)(C)O)cc(OC)c1OC. The number of rotatable bonds is 6. The van der Waals surface area contributed by atoms with Crippen LogP contribution in [-0.4, -0.2) is 32.0 Å². The number of aryl methyl sites for hydroxylation is 1. The summed E-state index contributed by atoms with van der Waals surface area (Å²) < 4.78 is 15.8. The van der Waals surface area contributed by atoms with E-state index in [-0.39, 0.29) is 0 Å². The first-order valence-electron chi connectivity index (χ1n) is 5.92. The lowest BCUT2D eigenvalue weighted by Crippen LogP contribution is -2.19. The van der Waals surface area contributed by atoms with Crippen LogP contribution in [0.1, 0.15) is 25.8 Å². The van der Waals surface area contributed by atoms with Gasteiger partial charge in [0, 0.05) is 0 Å². The third kappa shape index (κ3) is 3.81. The number of aliphatic hydroxyl groups is 1. The highest BCUT2D eigenvalue weighted by molar-refractivity contribution is 5.53. The molecule has 4 heteroatoms. The molecule has 0 amide bonds. The summed E-state index contributed by atoms with van der Waals surface area (Å²) in [7, 11) is 4.77. The van der Waals surface area contributed by atoms with E-state index in [9.17, 15) is 5.11 Å². The van der Waals surface area contributed by atoms with Gasteiger partial charge in [0.25, 0.3) is 0 Å². The van der Waals surface area contributed by atoms with Gasteiger partial charge in [0.15, 0.2) is 11.5 Å². The summed E-state index contributed by atoms with van der Waals surface area (Å²) in [5.74, 6) is 1.87. The highest BCUT2D eigenvalue weighted by Crippen LogP contribution is 2.38. The van der Waals surface area contributed by atoms with Crippen LogP contribution in [0.5, 0.6) is 17.2 Å². The van der Waals surface area contributed by atoms with E-state index in [1.165, 1.54) is 0 Å². The van der Waals surface area contributed by atoms with E-state index in [0.717, 1.165) is 12.0 Å². The standard InChI is InChI=1S/C14H22O4/c1-14(2,15)7-6-10-8-11(16-3)13(18-5)12(9-10)17-4/h8-9,15H,6-7H2,1-5H3. The van der Waals surface area contributed by atoms with Gasteiger partial charge in [0.05, 0.1) is 26.9 Å². The fourth-order valence-electron chi connectivity index (χ4n) is 1.73. The maximum atomic E-state index is 9.75. The van der Waals surface area contributed by atoms with Gasteiger partial charge in [-0.3, -0.25) is 0 Å². The third-order valence-corrected chi connectivity index (χ3v) is 2.75. The van der Waals surface area contributed by atoms with E-state index in [1.54, 1.807) is 35.2 Å². The summed E-state index contributed by atoms with van der Waals surface area (Å²) >= 11 is 0. The zero-order valence-electron chi connectivity index (χ0n) is 11.7. The molecule has 0 aliphatic heterocycles. The van der Waals surface area contributed by atoms with E-state index >= 15 is 0 Å². The van der Waals surface area contributed by atoms with Crippen LogP contribution in [0, 0.1) is 0 Å². The lowest BCUT2D eigenvalue weighted by atomic mass is 9.98. The first kappa shape index (κ1) is 14.6. The normalized spacial score (nSPS) is 11.2. The van der Waals surface area contributed by atoms with E-state index < -0.39 is 5.60 Å². The van der Waals surface area contributed by atoms with Gasteiger partial charge in [-0.1, -0.05) is 0 Å². The molecule has 1 aromatic carbocycles. The smallest absolute Gasteiger partial charge is 0.203 e. The summed E-state index contributed by atoms with van der Waals surface area (Å²) in [6.45, 7) is 3.59. The Morgan fingerprint density at radius 1 is 1.00 bits per heavy atom. The van der Waals surface area contributed by atoms with Crippen LogP contribution in [0.4, 0.5) is 0 Å². The lowest BCUT2D eigenvalue weighted by Gasteiger charge is -2.18. The van der Waals surface area contributed by atoms with Gasteiger partial charge in [-0.2, -0.15) is 0 Å². The summed E-state index contributed by atoms with van der Waals surface area (Å²) in [4.78, 5) is 0. The molecule has 0 aliphatic carbocycles. The van der Waals surface area contributed by atoms with E-state index in [1.807, 2.05) is 12.1 Å². The van der Waals surface area contributed by atoms with Crippen molar-refractivity contribution >= 4 is 0 Å². The highest BCUT2D eigenvalue weighted by atomic mass is 16.5. The molecular formula is C14H22O4. The van der Waals surface area contributed by atoms with Gasteiger partial charge < -0.3 is 19.3 Å². The first-order chi connectivity index (χ1) is 8.41. The predicted octanol–water partition coefficient (Wildman–Crippen LogP) is 2.42. The van der Waals surface area contributed by atoms with Crippen molar-refractivity contribution in [2.45, 2.75) is 32.3 Å². The van der Waals surface area contributed by atoms with Crippen LogP contribution in [0.15, 0.2) is 12.1 Å². The molecule has 0 aromatic heterocycles. The van der Waals surface area contributed by atoms with Crippen LogP contribution in [0.25, 0.3) is 0 Å². The fraction of sp³-hybridized carbons (Fsp3) is 0.571. The number of hydrogen-bond acceptors (Lipinski definition) is 4. The Hall–Kier alpha value is -1.42. The number of benzene rings is 1. The average molecular weight is 254 g/mol. The predicted molar refractivity (Wildman–Crippen MR) is 70.7 cm³/mol. The minimum Gasteiger partial charge on any atom is -0.493 e. The highest BCUT2D eigenvalue weighted by Gasteiger charge is 2.16. The second-order valence-corrected chi connectivity index (χ2v) is 4.85. The second kappa shape index (κ2) is 5.96. The molecule has 0 saturated carbocycles. The number of hydrogen-bond donors (Lipinski definition) is 1. The molecule has 102 valence electrons. The van der Waals surface area contributed by atoms with Crippen LogP contribution >= 0.6 is 0 Å². The Balaban J connectivity index is 3.00. The van der Waals surface area contributed by atoms with E-state index in [4.69, 9.17) is 14.2 Å². The summed E-state index contributed by atoms with van der Waals surface area (Å²) in [6.07, 6.45) is 1.42. The molecule has 0 aliphatic rings. The maximum absolute atomic E-state index is 9.75. The Kier molecular flexibility index (Phi) is 4.84. The molecule has 0 atom stereocenters. The molecule has 0 bridgehead atoms. The van der Waals surface area contributed by atoms with Gasteiger partial charge in [-0.15, -0.1) is 0 Å². The topological polar surface area (TPSA) is 47.9 Å². The van der Waals surface area contributed by atoms with Crippen LogP contribution in [0.2, 0.25) is 0 Å². The first-order valence-corrected chi connectivity index (χ1v) is 5.92. The van der Waals surface area contributed by atoms with E-state index in [2.05, 4.69) is 0 Å².